The van der Waals surface area contributed by atoms with E-state index in [1.165, 1.54) is 4.68 Å². The standard InChI is InChI=1S/C7H11ClFN3/c1-2-6(8)7-5-12(4-3-9)11-10-7/h5-6H,2-4H2,1H3. The molecular weight excluding hydrogens is 181 g/mol. The maximum absolute atomic E-state index is 11.8. The normalized spacial score (nSPS) is 13.2. The van der Waals surface area contributed by atoms with Gasteiger partial charge in [-0.15, -0.1) is 16.7 Å². The molecule has 0 saturated carbocycles. The van der Waals surface area contributed by atoms with Gasteiger partial charge in [-0.25, -0.2) is 9.07 Å². The average molecular weight is 192 g/mol. The Labute approximate surface area is 75.5 Å². The van der Waals surface area contributed by atoms with E-state index in [9.17, 15) is 4.39 Å². The highest BCUT2D eigenvalue weighted by molar-refractivity contribution is 6.20. The van der Waals surface area contributed by atoms with Crippen LogP contribution < -0.4 is 0 Å². The van der Waals surface area contributed by atoms with E-state index in [1.54, 1.807) is 6.20 Å². The maximum atomic E-state index is 11.8. The van der Waals surface area contributed by atoms with Gasteiger partial charge in [0.15, 0.2) is 0 Å². The zero-order valence-corrected chi connectivity index (χ0v) is 7.63. The topological polar surface area (TPSA) is 30.7 Å². The third-order valence-electron chi connectivity index (χ3n) is 1.55. The molecule has 0 fully saturated rings. The van der Waals surface area contributed by atoms with Crippen molar-refractivity contribution in [3.05, 3.63) is 11.9 Å². The van der Waals surface area contributed by atoms with Crippen LogP contribution >= 0.6 is 11.6 Å². The first-order chi connectivity index (χ1) is 5.77. The molecule has 1 unspecified atom stereocenters. The molecule has 0 amide bonds. The summed E-state index contributed by atoms with van der Waals surface area (Å²) in [6.07, 6.45) is 2.48. The van der Waals surface area contributed by atoms with E-state index in [1.807, 2.05) is 6.92 Å². The lowest BCUT2D eigenvalue weighted by Crippen LogP contribution is -1.99. The number of aromatic nitrogens is 3. The van der Waals surface area contributed by atoms with Crippen molar-refractivity contribution in [1.29, 1.82) is 0 Å². The predicted molar refractivity (Wildman–Crippen MR) is 44.9 cm³/mol. The Morgan fingerprint density at radius 3 is 3.08 bits per heavy atom. The summed E-state index contributed by atoms with van der Waals surface area (Å²) in [4.78, 5) is 0. The van der Waals surface area contributed by atoms with Crippen molar-refractivity contribution in [3.8, 4) is 0 Å². The minimum Gasteiger partial charge on any atom is -0.250 e. The summed E-state index contributed by atoms with van der Waals surface area (Å²) in [5.74, 6) is 0. The molecule has 68 valence electrons. The van der Waals surface area contributed by atoms with Gasteiger partial charge in [0.25, 0.3) is 0 Å². The minimum atomic E-state index is -0.429. The number of halogens is 2. The van der Waals surface area contributed by atoms with E-state index in [2.05, 4.69) is 10.3 Å². The van der Waals surface area contributed by atoms with Crippen molar-refractivity contribution in [1.82, 2.24) is 15.0 Å². The van der Waals surface area contributed by atoms with Gasteiger partial charge < -0.3 is 0 Å². The molecule has 0 aliphatic carbocycles. The Morgan fingerprint density at radius 1 is 1.75 bits per heavy atom. The molecule has 0 radical (unpaired) electrons. The molecule has 0 bridgehead atoms. The monoisotopic (exact) mass is 191 g/mol. The first kappa shape index (κ1) is 9.45. The number of hydrogen-bond acceptors (Lipinski definition) is 2. The lowest BCUT2D eigenvalue weighted by Gasteiger charge is -1.98. The summed E-state index contributed by atoms with van der Waals surface area (Å²) < 4.78 is 13.3. The van der Waals surface area contributed by atoms with Gasteiger partial charge in [-0.2, -0.15) is 0 Å². The van der Waals surface area contributed by atoms with E-state index < -0.39 is 6.67 Å². The van der Waals surface area contributed by atoms with Crippen LogP contribution in [0.15, 0.2) is 6.20 Å². The number of aryl methyl sites for hydroxylation is 1. The summed E-state index contributed by atoms with van der Waals surface area (Å²) in [7, 11) is 0. The third kappa shape index (κ3) is 2.17. The van der Waals surface area contributed by atoms with Gasteiger partial charge in [-0.1, -0.05) is 12.1 Å². The van der Waals surface area contributed by atoms with Crippen molar-refractivity contribution in [2.75, 3.05) is 6.67 Å². The molecule has 1 atom stereocenters. The lowest BCUT2D eigenvalue weighted by atomic mass is 10.3. The lowest BCUT2D eigenvalue weighted by molar-refractivity contribution is 0.422. The van der Waals surface area contributed by atoms with Crippen LogP contribution in [0.5, 0.6) is 0 Å². The van der Waals surface area contributed by atoms with E-state index in [0.717, 1.165) is 6.42 Å². The second kappa shape index (κ2) is 4.40. The molecule has 0 spiro atoms. The zero-order chi connectivity index (χ0) is 8.97. The summed E-state index contributed by atoms with van der Waals surface area (Å²) in [5, 5.41) is 7.42. The van der Waals surface area contributed by atoms with Crippen LogP contribution in [0.4, 0.5) is 4.39 Å². The SMILES string of the molecule is CCC(Cl)c1cn(CCF)nn1. The second-order valence-corrected chi connectivity index (χ2v) is 3.00. The quantitative estimate of drug-likeness (QED) is 0.681. The fraction of sp³-hybridized carbons (Fsp3) is 0.714. The molecule has 12 heavy (non-hydrogen) atoms. The van der Waals surface area contributed by atoms with Crippen molar-refractivity contribution < 1.29 is 4.39 Å². The molecule has 0 aliphatic rings. The van der Waals surface area contributed by atoms with Crippen molar-refractivity contribution >= 4 is 11.6 Å². The number of nitrogens with zero attached hydrogens (tertiary/aromatic N) is 3. The van der Waals surface area contributed by atoms with Crippen LogP contribution in [-0.4, -0.2) is 21.7 Å². The number of hydrogen-bond donors (Lipinski definition) is 0. The van der Waals surface area contributed by atoms with E-state index >= 15 is 0 Å². The Balaban J connectivity index is 2.63. The fourth-order valence-electron chi connectivity index (χ4n) is 0.862. The number of rotatable bonds is 4. The first-order valence-corrected chi connectivity index (χ1v) is 4.31. The van der Waals surface area contributed by atoms with Crippen LogP contribution in [0.1, 0.15) is 24.4 Å². The van der Waals surface area contributed by atoms with Crippen LogP contribution in [0.25, 0.3) is 0 Å². The van der Waals surface area contributed by atoms with Gasteiger partial charge >= 0.3 is 0 Å². The fourth-order valence-corrected chi connectivity index (χ4v) is 0.962. The largest absolute Gasteiger partial charge is 0.250 e. The van der Waals surface area contributed by atoms with E-state index in [-0.39, 0.29) is 11.9 Å². The highest BCUT2D eigenvalue weighted by Gasteiger charge is 2.09. The molecule has 1 aromatic rings. The Kier molecular flexibility index (Phi) is 3.47. The highest BCUT2D eigenvalue weighted by atomic mass is 35.5. The second-order valence-electron chi connectivity index (χ2n) is 2.47. The van der Waals surface area contributed by atoms with Crippen molar-refractivity contribution in [2.24, 2.45) is 0 Å². The zero-order valence-electron chi connectivity index (χ0n) is 6.87. The Morgan fingerprint density at radius 2 is 2.50 bits per heavy atom. The van der Waals surface area contributed by atoms with Gasteiger partial charge in [0, 0.05) is 0 Å². The molecule has 1 heterocycles. The molecule has 1 rings (SSSR count). The summed E-state index contributed by atoms with van der Waals surface area (Å²) in [6, 6.07) is 0. The Hall–Kier alpha value is -0.640. The van der Waals surface area contributed by atoms with Gasteiger partial charge in [0.05, 0.1) is 18.1 Å². The van der Waals surface area contributed by atoms with E-state index in [0.29, 0.717) is 5.69 Å². The summed E-state index contributed by atoms with van der Waals surface area (Å²) in [6.45, 7) is 1.79. The molecule has 0 aliphatic heterocycles. The predicted octanol–water partition coefficient (Wildman–Crippen LogP) is 1.94. The molecule has 0 saturated heterocycles. The van der Waals surface area contributed by atoms with Gasteiger partial charge in [0.1, 0.15) is 12.4 Å². The first-order valence-electron chi connectivity index (χ1n) is 3.88. The van der Waals surface area contributed by atoms with Crippen molar-refractivity contribution in [3.63, 3.8) is 0 Å². The van der Waals surface area contributed by atoms with E-state index in [4.69, 9.17) is 11.6 Å². The van der Waals surface area contributed by atoms with Gasteiger partial charge in [-0.3, -0.25) is 0 Å². The van der Waals surface area contributed by atoms with Gasteiger partial charge in [-0.05, 0) is 6.42 Å². The van der Waals surface area contributed by atoms with Crippen LogP contribution in [0, 0.1) is 0 Å². The molecule has 0 aromatic carbocycles. The molecule has 1 aromatic heterocycles. The highest BCUT2D eigenvalue weighted by Crippen LogP contribution is 2.20. The van der Waals surface area contributed by atoms with Crippen LogP contribution in [-0.2, 0) is 6.54 Å². The molecule has 3 nitrogen and oxygen atoms in total. The molecular formula is C7H11ClFN3. The summed E-state index contributed by atoms with van der Waals surface area (Å²) in [5.41, 5.74) is 0.715. The smallest absolute Gasteiger partial charge is 0.109 e. The molecule has 0 N–H and O–H groups in total. The van der Waals surface area contributed by atoms with Crippen LogP contribution in [0.2, 0.25) is 0 Å². The maximum Gasteiger partial charge on any atom is 0.109 e. The molecule has 5 heteroatoms. The average Bonchev–Trinajstić information content (AvgIpc) is 2.52. The van der Waals surface area contributed by atoms with Gasteiger partial charge in [0.2, 0.25) is 0 Å². The Bertz CT molecular complexity index is 238. The third-order valence-corrected chi connectivity index (χ3v) is 2.08. The summed E-state index contributed by atoms with van der Waals surface area (Å²) >= 11 is 5.89. The van der Waals surface area contributed by atoms with Crippen molar-refractivity contribution in [2.45, 2.75) is 25.3 Å². The van der Waals surface area contributed by atoms with Crippen LogP contribution in [0.3, 0.4) is 0 Å². The minimum absolute atomic E-state index is 0.113. The number of alkyl halides is 2.